The minimum Gasteiger partial charge on any atom is -0.404 e. The van der Waals surface area contributed by atoms with E-state index in [1.165, 1.54) is 6.20 Å². The lowest BCUT2D eigenvalue weighted by Gasteiger charge is -2.19. The molecule has 0 spiro atoms. The number of rotatable bonds is 6. The molecule has 0 aliphatic rings. The number of nitrogens with two attached hydrogens (primary N) is 1. The van der Waals surface area contributed by atoms with Crippen LogP contribution in [0.5, 0.6) is 0 Å². The molecule has 3 heterocycles. The highest BCUT2D eigenvalue weighted by Gasteiger charge is 2.15. The second kappa shape index (κ2) is 8.05. The van der Waals surface area contributed by atoms with Gasteiger partial charge in [0, 0.05) is 54.2 Å². The molecule has 3 aromatic heterocycles. The third kappa shape index (κ3) is 4.09. The zero-order chi connectivity index (χ0) is 20.1. The fraction of sp³-hybridized carbons (Fsp3) is 0.273. The maximum absolute atomic E-state index is 9.30. The molecule has 0 fully saturated rings. The summed E-state index contributed by atoms with van der Waals surface area (Å²) in [5.74, 6) is 0. The van der Waals surface area contributed by atoms with Crippen molar-refractivity contribution in [2.24, 2.45) is 16.1 Å². The Balaban J connectivity index is 2.05. The van der Waals surface area contributed by atoms with Gasteiger partial charge >= 0.3 is 0 Å². The molecule has 0 aromatic carbocycles. The second-order valence-corrected chi connectivity index (χ2v) is 7.42. The van der Waals surface area contributed by atoms with Gasteiger partial charge in [-0.25, -0.2) is 9.97 Å². The number of nitriles is 1. The van der Waals surface area contributed by atoms with Crippen LogP contribution in [0.15, 0.2) is 54.0 Å². The average Bonchev–Trinajstić information content (AvgIpc) is 3.18. The van der Waals surface area contributed by atoms with Crippen molar-refractivity contribution in [2.75, 3.05) is 6.54 Å². The van der Waals surface area contributed by atoms with Crippen molar-refractivity contribution in [3.8, 4) is 17.3 Å². The van der Waals surface area contributed by atoms with Gasteiger partial charge in [0.05, 0.1) is 5.69 Å². The predicted molar refractivity (Wildman–Crippen MR) is 113 cm³/mol. The number of imidazole rings is 1. The molecule has 0 aliphatic heterocycles. The average molecular weight is 372 g/mol. The zero-order valence-electron chi connectivity index (χ0n) is 16.4. The molecule has 0 atom stereocenters. The van der Waals surface area contributed by atoms with E-state index in [4.69, 9.17) is 5.73 Å². The largest absolute Gasteiger partial charge is 0.404 e. The third-order valence-electron chi connectivity index (χ3n) is 4.88. The van der Waals surface area contributed by atoms with Gasteiger partial charge in [-0.15, -0.1) is 0 Å². The number of hydrogen-bond acceptors (Lipinski definition) is 5. The molecule has 6 heteroatoms. The molecule has 3 aromatic rings. The summed E-state index contributed by atoms with van der Waals surface area (Å²) in [5, 5.41) is 9.30. The maximum Gasteiger partial charge on any atom is 0.141 e. The zero-order valence-corrected chi connectivity index (χ0v) is 16.4. The van der Waals surface area contributed by atoms with E-state index in [1.54, 1.807) is 18.5 Å². The minimum absolute atomic E-state index is 0.133. The molecule has 0 amide bonds. The van der Waals surface area contributed by atoms with Gasteiger partial charge in [0.25, 0.3) is 0 Å². The van der Waals surface area contributed by atoms with E-state index in [1.807, 2.05) is 35.0 Å². The summed E-state index contributed by atoms with van der Waals surface area (Å²) in [6.45, 7) is 7.23. The number of aliphatic imine (C=N–C) groups is 1. The Morgan fingerprint density at radius 3 is 2.86 bits per heavy atom. The highest BCUT2D eigenvalue weighted by molar-refractivity contribution is 6.11. The van der Waals surface area contributed by atoms with Crippen molar-refractivity contribution >= 4 is 17.4 Å². The number of fused-ring (bicyclic) bond motifs is 1. The standard InChI is InChI=1S/C22H24N6/c1-4-22(2,3)15-25-14-17(12-23)19-6-5-18(13-24)27-21(19)16-7-9-28-10-8-26-20(28)11-16/h5-12,14H,4,15,23H2,1-3H3. The van der Waals surface area contributed by atoms with Gasteiger partial charge in [-0.3, -0.25) is 4.99 Å². The van der Waals surface area contributed by atoms with E-state index in [2.05, 4.69) is 41.8 Å². The van der Waals surface area contributed by atoms with Crippen LogP contribution in [0.3, 0.4) is 0 Å². The van der Waals surface area contributed by atoms with Gasteiger partial charge < -0.3 is 10.1 Å². The summed E-state index contributed by atoms with van der Waals surface area (Å²) in [6, 6.07) is 9.56. The van der Waals surface area contributed by atoms with Crippen LogP contribution in [0.1, 0.15) is 38.4 Å². The van der Waals surface area contributed by atoms with Crippen molar-refractivity contribution in [2.45, 2.75) is 27.2 Å². The lowest BCUT2D eigenvalue weighted by molar-refractivity contribution is 0.366. The molecule has 142 valence electrons. The molecule has 0 bridgehead atoms. The van der Waals surface area contributed by atoms with Gasteiger partial charge in [0.1, 0.15) is 17.4 Å². The van der Waals surface area contributed by atoms with Crippen LogP contribution in [0.4, 0.5) is 0 Å². The van der Waals surface area contributed by atoms with Gasteiger partial charge in [-0.05, 0) is 36.1 Å². The smallest absolute Gasteiger partial charge is 0.141 e. The van der Waals surface area contributed by atoms with Crippen molar-refractivity contribution in [1.82, 2.24) is 14.4 Å². The van der Waals surface area contributed by atoms with Gasteiger partial charge in [-0.1, -0.05) is 20.8 Å². The molecular weight excluding hydrogens is 348 g/mol. The Bertz CT molecular complexity index is 1080. The van der Waals surface area contributed by atoms with Crippen LogP contribution in [0.2, 0.25) is 0 Å². The van der Waals surface area contributed by atoms with Crippen LogP contribution in [0, 0.1) is 16.7 Å². The first-order chi connectivity index (χ1) is 13.5. The van der Waals surface area contributed by atoms with Gasteiger partial charge in [0.15, 0.2) is 0 Å². The van der Waals surface area contributed by atoms with Crippen molar-refractivity contribution in [3.05, 3.63) is 60.3 Å². The van der Waals surface area contributed by atoms with E-state index >= 15 is 0 Å². The summed E-state index contributed by atoms with van der Waals surface area (Å²) in [7, 11) is 0. The van der Waals surface area contributed by atoms with Crippen LogP contribution in [-0.2, 0) is 0 Å². The molecule has 2 N–H and O–H groups in total. The lowest BCUT2D eigenvalue weighted by atomic mass is 9.90. The van der Waals surface area contributed by atoms with E-state index < -0.39 is 0 Å². The number of pyridine rings is 2. The maximum atomic E-state index is 9.30. The van der Waals surface area contributed by atoms with Crippen LogP contribution in [-0.4, -0.2) is 27.1 Å². The molecule has 6 nitrogen and oxygen atoms in total. The Kier molecular flexibility index (Phi) is 5.55. The molecule has 0 radical (unpaired) electrons. The van der Waals surface area contributed by atoms with Gasteiger partial charge in [-0.2, -0.15) is 5.26 Å². The molecule has 0 unspecified atom stereocenters. The molecular formula is C22H24N6. The van der Waals surface area contributed by atoms with Crippen LogP contribution < -0.4 is 5.73 Å². The summed E-state index contributed by atoms with van der Waals surface area (Å²) in [6.07, 6.45) is 9.91. The molecule has 0 saturated carbocycles. The van der Waals surface area contributed by atoms with E-state index in [-0.39, 0.29) is 5.41 Å². The topological polar surface area (TPSA) is 92.4 Å². The van der Waals surface area contributed by atoms with Crippen molar-refractivity contribution < 1.29 is 0 Å². The minimum atomic E-state index is 0.133. The van der Waals surface area contributed by atoms with Crippen LogP contribution >= 0.6 is 0 Å². The second-order valence-electron chi connectivity index (χ2n) is 7.42. The third-order valence-corrected chi connectivity index (χ3v) is 4.88. The van der Waals surface area contributed by atoms with E-state index in [0.717, 1.165) is 28.8 Å². The first-order valence-corrected chi connectivity index (χ1v) is 9.24. The summed E-state index contributed by atoms with van der Waals surface area (Å²) in [4.78, 5) is 13.5. The number of aromatic nitrogens is 3. The molecule has 0 saturated heterocycles. The Hall–Kier alpha value is -3.46. The fourth-order valence-corrected chi connectivity index (χ4v) is 2.74. The van der Waals surface area contributed by atoms with Gasteiger partial charge in [0.2, 0.25) is 0 Å². The summed E-state index contributed by atoms with van der Waals surface area (Å²) >= 11 is 0. The summed E-state index contributed by atoms with van der Waals surface area (Å²) in [5.41, 5.74) is 10.4. The Morgan fingerprint density at radius 2 is 2.14 bits per heavy atom. The Morgan fingerprint density at radius 1 is 1.32 bits per heavy atom. The summed E-state index contributed by atoms with van der Waals surface area (Å²) < 4.78 is 1.92. The SMILES string of the molecule is CCC(C)(C)CN=CC(=CN)c1ccc(C#N)nc1-c1ccn2ccnc2c1. The number of allylic oxidation sites excluding steroid dienone is 1. The lowest BCUT2D eigenvalue weighted by Crippen LogP contribution is -2.13. The molecule has 28 heavy (non-hydrogen) atoms. The van der Waals surface area contributed by atoms with E-state index in [9.17, 15) is 5.26 Å². The normalized spacial score (nSPS) is 12.6. The fourth-order valence-electron chi connectivity index (χ4n) is 2.74. The van der Waals surface area contributed by atoms with E-state index in [0.29, 0.717) is 17.9 Å². The van der Waals surface area contributed by atoms with Crippen LogP contribution in [0.25, 0.3) is 22.5 Å². The highest BCUT2D eigenvalue weighted by Crippen LogP contribution is 2.28. The first kappa shape index (κ1) is 19.3. The quantitative estimate of drug-likeness (QED) is 0.660. The number of nitrogens with zero attached hydrogens (tertiary/aromatic N) is 5. The molecule has 0 aliphatic carbocycles. The predicted octanol–water partition coefficient (Wildman–Crippen LogP) is 4.07. The van der Waals surface area contributed by atoms with Crippen molar-refractivity contribution in [1.29, 1.82) is 5.26 Å². The first-order valence-electron chi connectivity index (χ1n) is 9.24. The number of hydrogen-bond donors (Lipinski definition) is 1. The monoisotopic (exact) mass is 372 g/mol. The highest BCUT2D eigenvalue weighted by atomic mass is 15.0. The molecule has 3 rings (SSSR count). The Labute approximate surface area is 165 Å². The van der Waals surface area contributed by atoms with Crippen molar-refractivity contribution in [3.63, 3.8) is 0 Å².